The maximum atomic E-state index is 11.8. The molecule has 0 aliphatic carbocycles. The van der Waals surface area contributed by atoms with E-state index in [1.807, 2.05) is 24.3 Å². The Morgan fingerprint density at radius 3 is 2.84 bits per heavy atom. The summed E-state index contributed by atoms with van der Waals surface area (Å²) in [6, 6.07) is 9.21. The van der Waals surface area contributed by atoms with Crippen LogP contribution in [-0.4, -0.2) is 31.8 Å². The summed E-state index contributed by atoms with van der Waals surface area (Å²) in [5, 5.41) is 3.89. The Hall–Kier alpha value is -1.80. The molecule has 1 aliphatic heterocycles. The average Bonchev–Trinajstić information content (AvgIpc) is 3.25. The highest BCUT2D eigenvalue weighted by molar-refractivity contribution is 9.11. The second-order valence-corrected chi connectivity index (χ2v) is 7.30. The molecular formula is C17H17Br2N3O3. The first kappa shape index (κ1) is 18.0. The molecule has 3 rings (SSSR count). The minimum atomic E-state index is -0.350. The molecule has 0 unspecified atom stereocenters. The van der Waals surface area contributed by atoms with Crippen molar-refractivity contribution in [2.24, 2.45) is 5.10 Å². The Bertz CT molecular complexity index is 770. The van der Waals surface area contributed by atoms with E-state index in [-0.39, 0.29) is 12.5 Å². The SMILES string of the molecule is O=C(COc1ccc(Br)cc1Br)N/N=C/c1ccc(N2CCCC2)o1. The quantitative estimate of drug-likeness (QED) is 0.513. The Morgan fingerprint density at radius 1 is 1.28 bits per heavy atom. The van der Waals surface area contributed by atoms with E-state index >= 15 is 0 Å². The maximum Gasteiger partial charge on any atom is 0.277 e. The third-order valence-corrected chi connectivity index (χ3v) is 4.78. The molecule has 0 atom stereocenters. The summed E-state index contributed by atoms with van der Waals surface area (Å²) in [7, 11) is 0. The van der Waals surface area contributed by atoms with E-state index in [9.17, 15) is 4.79 Å². The topological polar surface area (TPSA) is 67.1 Å². The zero-order chi connectivity index (χ0) is 17.6. The first-order valence-electron chi connectivity index (χ1n) is 7.86. The van der Waals surface area contributed by atoms with Crippen molar-refractivity contribution in [1.29, 1.82) is 0 Å². The van der Waals surface area contributed by atoms with E-state index in [0.717, 1.165) is 27.9 Å². The second kappa shape index (κ2) is 8.53. The number of anilines is 1. The molecule has 1 fully saturated rings. The molecule has 1 aliphatic rings. The van der Waals surface area contributed by atoms with E-state index < -0.39 is 0 Å². The molecule has 2 heterocycles. The molecule has 1 aromatic carbocycles. The number of furan rings is 1. The van der Waals surface area contributed by atoms with Gasteiger partial charge in [0, 0.05) is 23.6 Å². The standard InChI is InChI=1S/C17H17Br2N3O3/c18-12-3-5-15(14(19)9-12)24-11-16(23)21-20-10-13-4-6-17(25-13)22-7-1-2-8-22/h3-6,9-10H,1-2,7-8,11H2,(H,21,23)/b20-10+. The van der Waals surface area contributed by atoms with Crippen molar-refractivity contribution >= 4 is 49.9 Å². The van der Waals surface area contributed by atoms with Crippen molar-refractivity contribution in [3.63, 3.8) is 0 Å². The van der Waals surface area contributed by atoms with Gasteiger partial charge in [-0.25, -0.2) is 5.43 Å². The number of amides is 1. The van der Waals surface area contributed by atoms with Gasteiger partial charge in [0.15, 0.2) is 12.5 Å². The lowest BCUT2D eigenvalue weighted by Crippen LogP contribution is -2.24. The Balaban J connectivity index is 1.46. The molecule has 1 N–H and O–H groups in total. The Kier molecular flexibility index (Phi) is 6.14. The van der Waals surface area contributed by atoms with Crippen LogP contribution in [0.4, 0.5) is 5.88 Å². The number of hydrogen-bond acceptors (Lipinski definition) is 5. The lowest BCUT2D eigenvalue weighted by atomic mass is 10.3. The largest absolute Gasteiger partial charge is 0.483 e. The molecular weight excluding hydrogens is 454 g/mol. The number of ether oxygens (including phenoxy) is 1. The van der Waals surface area contributed by atoms with E-state index in [1.165, 1.54) is 19.1 Å². The van der Waals surface area contributed by atoms with Gasteiger partial charge in [-0.15, -0.1) is 0 Å². The van der Waals surface area contributed by atoms with Crippen molar-refractivity contribution in [2.45, 2.75) is 12.8 Å². The van der Waals surface area contributed by atoms with Crippen LogP contribution >= 0.6 is 31.9 Å². The van der Waals surface area contributed by atoms with Crippen molar-refractivity contribution in [3.05, 3.63) is 45.0 Å². The molecule has 1 amide bonds. The van der Waals surface area contributed by atoms with Gasteiger partial charge in [-0.2, -0.15) is 5.10 Å². The lowest BCUT2D eigenvalue weighted by molar-refractivity contribution is -0.123. The van der Waals surface area contributed by atoms with E-state index in [4.69, 9.17) is 9.15 Å². The minimum Gasteiger partial charge on any atom is -0.483 e. The zero-order valence-electron chi connectivity index (χ0n) is 13.4. The van der Waals surface area contributed by atoms with E-state index in [2.05, 4.69) is 47.3 Å². The predicted octanol–water partition coefficient (Wildman–Crippen LogP) is 3.93. The zero-order valence-corrected chi connectivity index (χ0v) is 16.5. The van der Waals surface area contributed by atoms with E-state index in [0.29, 0.717) is 11.5 Å². The van der Waals surface area contributed by atoms with Gasteiger partial charge in [-0.1, -0.05) is 15.9 Å². The summed E-state index contributed by atoms with van der Waals surface area (Å²) in [5.41, 5.74) is 2.42. The maximum absolute atomic E-state index is 11.8. The number of halogens is 2. The van der Waals surface area contributed by atoms with Crippen LogP contribution in [-0.2, 0) is 4.79 Å². The predicted molar refractivity (Wildman–Crippen MR) is 103 cm³/mol. The minimum absolute atomic E-state index is 0.130. The van der Waals surface area contributed by atoms with Crippen LogP contribution in [0.15, 0.2) is 48.8 Å². The molecule has 132 valence electrons. The fourth-order valence-electron chi connectivity index (χ4n) is 2.45. The highest BCUT2D eigenvalue weighted by atomic mass is 79.9. The van der Waals surface area contributed by atoms with Crippen LogP contribution in [0.25, 0.3) is 0 Å². The number of nitrogens with one attached hydrogen (secondary N) is 1. The molecule has 0 saturated carbocycles. The average molecular weight is 471 g/mol. The van der Waals surface area contributed by atoms with Gasteiger partial charge in [0.2, 0.25) is 0 Å². The first-order valence-corrected chi connectivity index (χ1v) is 9.45. The third kappa shape index (κ3) is 5.09. The fraction of sp³-hybridized carbons (Fsp3) is 0.294. The van der Waals surface area contributed by atoms with Crippen molar-refractivity contribution in [1.82, 2.24) is 5.43 Å². The van der Waals surface area contributed by atoms with Gasteiger partial charge in [0.05, 0.1) is 10.7 Å². The summed E-state index contributed by atoms with van der Waals surface area (Å²) in [6.07, 6.45) is 3.86. The molecule has 25 heavy (non-hydrogen) atoms. The number of hydrogen-bond donors (Lipinski definition) is 1. The lowest BCUT2D eigenvalue weighted by Gasteiger charge is -2.12. The Morgan fingerprint density at radius 2 is 2.08 bits per heavy atom. The van der Waals surface area contributed by atoms with Crippen LogP contribution in [0.1, 0.15) is 18.6 Å². The van der Waals surface area contributed by atoms with Crippen molar-refractivity contribution in [2.75, 3.05) is 24.6 Å². The molecule has 2 aromatic rings. The molecule has 8 heteroatoms. The summed E-state index contributed by atoms with van der Waals surface area (Å²) in [6.45, 7) is 1.91. The van der Waals surface area contributed by atoms with E-state index in [1.54, 1.807) is 6.07 Å². The fourth-order valence-corrected chi connectivity index (χ4v) is 3.62. The van der Waals surface area contributed by atoms with Crippen molar-refractivity contribution in [3.8, 4) is 5.75 Å². The number of carbonyl (C=O) groups is 1. The molecule has 0 radical (unpaired) electrons. The van der Waals surface area contributed by atoms with Gasteiger partial charge in [-0.05, 0) is 53.0 Å². The van der Waals surface area contributed by atoms with Gasteiger partial charge in [-0.3, -0.25) is 4.79 Å². The highest BCUT2D eigenvalue weighted by Crippen LogP contribution is 2.28. The molecule has 1 saturated heterocycles. The van der Waals surface area contributed by atoms with Crippen LogP contribution in [0.3, 0.4) is 0 Å². The first-order chi connectivity index (χ1) is 12.1. The highest BCUT2D eigenvalue weighted by Gasteiger charge is 2.15. The normalized spacial score (nSPS) is 14.2. The third-order valence-electron chi connectivity index (χ3n) is 3.66. The smallest absolute Gasteiger partial charge is 0.277 e. The number of benzene rings is 1. The van der Waals surface area contributed by atoms with Crippen LogP contribution in [0.5, 0.6) is 5.75 Å². The van der Waals surface area contributed by atoms with Gasteiger partial charge < -0.3 is 14.1 Å². The summed E-state index contributed by atoms with van der Waals surface area (Å²) in [4.78, 5) is 14.0. The number of hydrazone groups is 1. The number of carbonyl (C=O) groups excluding carboxylic acids is 1. The summed E-state index contributed by atoms with van der Waals surface area (Å²) < 4.78 is 12.8. The number of nitrogens with zero attached hydrogens (tertiary/aromatic N) is 2. The van der Waals surface area contributed by atoms with Gasteiger partial charge >= 0.3 is 0 Å². The molecule has 0 bridgehead atoms. The second-order valence-electron chi connectivity index (χ2n) is 5.53. The van der Waals surface area contributed by atoms with Crippen LogP contribution in [0.2, 0.25) is 0 Å². The monoisotopic (exact) mass is 469 g/mol. The Labute approximate surface area is 162 Å². The molecule has 0 spiro atoms. The van der Waals surface area contributed by atoms with Gasteiger partial charge in [0.1, 0.15) is 11.5 Å². The molecule has 1 aromatic heterocycles. The van der Waals surface area contributed by atoms with Crippen LogP contribution in [0, 0.1) is 0 Å². The number of rotatable bonds is 6. The van der Waals surface area contributed by atoms with Gasteiger partial charge in [0.25, 0.3) is 5.91 Å². The summed E-state index contributed by atoms with van der Waals surface area (Å²) in [5.74, 6) is 1.67. The summed E-state index contributed by atoms with van der Waals surface area (Å²) >= 11 is 6.74. The van der Waals surface area contributed by atoms with Crippen molar-refractivity contribution < 1.29 is 13.9 Å². The molecule has 6 nitrogen and oxygen atoms in total. The van der Waals surface area contributed by atoms with Crippen LogP contribution < -0.4 is 15.1 Å².